The molecule has 1 amide bonds. The number of carbonyl (C=O) groups excluding carboxylic acids is 1. The number of nitrogens with one attached hydrogen (secondary N) is 2. The molecule has 0 unspecified atom stereocenters. The fraction of sp³-hybridized carbons (Fsp3) is 0.174. The molecule has 0 aliphatic heterocycles. The van der Waals surface area contributed by atoms with Crippen LogP contribution in [0.2, 0.25) is 0 Å². The Morgan fingerprint density at radius 1 is 0.933 bits per heavy atom. The minimum Gasteiger partial charge on any atom is -0.481 e. The van der Waals surface area contributed by atoms with Crippen molar-refractivity contribution < 1.29 is 17.9 Å². The Balaban J connectivity index is 1.66. The number of carbonyl (C=O) groups is 1. The van der Waals surface area contributed by atoms with Gasteiger partial charge in [0, 0.05) is 5.69 Å². The highest BCUT2D eigenvalue weighted by Crippen LogP contribution is 2.22. The molecule has 3 aromatic rings. The van der Waals surface area contributed by atoms with Crippen LogP contribution in [0.5, 0.6) is 5.75 Å². The molecule has 0 aliphatic carbocycles. The van der Waals surface area contributed by atoms with Crippen LogP contribution in [0.3, 0.4) is 0 Å². The smallest absolute Gasteiger partial charge is 0.265 e. The molecule has 1 atom stereocenters. The lowest BCUT2D eigenvalue weighted by Gasteiger charge is -2.15. The number of benzene rings is 3. The van der Waals surface area contributed by atoms with Gasteiger partial charge in [-0.25, -0.2) is 8.42 Å². The van der Waals surface area contributed by atoms with Crippen LogP contribution in [0.1, 0.15) is 18.1 Å². The first-order valence-corrected chi connectivity index (χ1v) is 11.0. The van der Waals surface area contributed by atoms with E-state index in [9.17, 15) is 13.2 Å². The number of hydrogen-bond donors (Lipinski definition) is 2. The van der Waals surface area contributed by atoms with E-state index in [1.807, 2.05) is 44.2 Å². The maximum atomic E-state index is 12.7. The molecule has 3 aromatic carbocycles. The second kappa shape index (κ2) is 9.00. The topological polar surface area (TPSA) is 84.5 Å². The average Bonchev–Trinajstić information content (AvgIpc) is 2.71. The van der Waals surface area contributed by atoms with Crippen LogP contribution in [-0.2, 0) is 14.8 Å². The van der Waals surface area contributed by atoms with Crippen molar-refractivity contribution >= 4 is 27.3 Å². The number of ether oxygens (including phenoxy) is 1. The third kappa shape index (κ3) is 5.39. The Bertz CT molecular complexity index is 1130. The van der Waals surface area contributed by atoms with E-state index in [2.05, 4.69) is 10.0 Å². The highest BCUT2D eigenvalue weighted by Gasteiger charge is 2.17. The average molecular weight is 425 g/mol. The Kier molecular flexibility index (Phi) is 6.42. The van der Waals surface area contributed by atoms with E-state index in [0.29, 0.717) is 17.1 Å². The van der Waals surface area contributed by atoms with E-state index in [-0.39, 0.29) is 10.8 Å². The Hall–Kier alpha value is -3.32. The van der Waals surface area contributed by atoms with Crippen LogP contribution in [-0.4, -0.2) is 20.4 Å². The quantitative estimate of drug-likeness (QED) is 0.584. The van der Waals surface area contributed by atoms with Gasteiger partial charge in [0.25, 0.3) is 15.9 Å². The van der Waals surface area contributed by atoms with E-state index < -0.39 is 16.1 Å². The summed E-state index contributed by atoms with van der Waals surface area (Å²) < 4.78 is 33.6. The van der Waals surface area contributed by atoms with Gasteiger partial charge in [-0.05, 0) is 74.4 Å². The number of rotatable bonds is 7. The molecule has 0 fully saturated rings. The summed E-state index contributed by atoms with van der Waals surface area (Å²) in [5.74, 6) is 0.266. The Labute approximate surface area is 177 Å². The number of anilines is 2. The molecule has 2 N–H and O–H groups in total. The maximum Gasteiger partial charge on any atom is 0.265 e. The molecule has 0 radical (unpaired) electrons. The van der Waals surface area contributed by atoms with Crippen molar-refractivity contribution in [3.63, 3.8) is 0 Å². The van der Waals surface area contributed by atoms with Crippen LogP contribution < -0.4 is 14.8 Å². The second-order valence-electron chi connectivity index (χ2n) is 7.01. The highest BCUT2D eigenvalue weighted by molar-refractivity contribution is 7.92. The molecule has 0 aromatic heterocycles. The van der Waals surface area contributed by atoms with Crippen LogP contribution in [0.15, 0.2) is 77.7 Å². The lowest BCUT2D eigenvalue weighted by molar-refractivity contribution is -0.122. The van der Waals surface area contributed by atoms with Gasteiger partial charge in [0.15, 0.2) is 6.10 Å². The first-order chi connectivity index (χ1) is 14.2. The van der Waals surface area contributed by atoms with Crippen molar-refractivity contribution in [2.24, 2.45) is 0 Å². The number of sulfonamides is 1. The Morgan fingerprint density at radius 2 is 1.60 bits per heavy atom. The molecule has 0 spiro atoms. The standard InChI is InChI=1S/C23H24N2O4S/c1-16-9-10-17(2)22(15-16)25-30(27,28)21-13-11-19(12-14-21)24-23(26)18(3)29-20-7-5-4-6-8-20/h4-15,18,25H,1-3H3,(H,24,26)/t18-/m1/s1. The van der Waals surface area contributed by atoms with Gasteiger partial charge in [-0.2, -0.15) is 0 Å². The predicted molar refractivity (Wildman–Crippen MR) is 118 cm³/mol. The molecule has 0 saturated heterocycles. The van der Waals surface area contributed by atoms with Crippen molar-refractivity contribution in [2.75, 3.05) is 10.0 Å². The van der Waals surface area contributed by atoms with Crippen molar-refractivity contribution in [1.29, 1.82) is 0 Å². The molecule has 3 rings (SSSR count). The summed E-state index contributed by atoms with van der Waals surface area (Å²) in [6, 6.07) is 20.6. The van der Waals surface area contributed by atoms with Gasteiger partial charge in [-0.1, -0.05) is 30.3 Å². The molecular weight excluding hydrogens is 400 g/mol. The van der Waals surface area contributed by atoms with Crippen molar-refractivity contribution in [3.05, 3.63) is 83.9 Å². The van der Waals surface area contributed by atoms with Gasteiger partial charge in [0.2, 0.25) is 0 Å². The molecular formula is C23H24N2O4S. The minimum absolute atomic E-state index is 0.106. The van der Waals surface area contributed by atoms with Crippen LogP contribution in [0.25, 0.3) is 0 Å². The Morgan fingerprint density at radius 3 is 2.27 bits per heavy atom. The zero-order chi connectivity index (χ0) is 21.7. The fourth-order valence-corrected chi connectivity index (χ4v) is 3.89. The summed E-state index contributed by atoms with van der Waals surface area (Å²) in [6.45, 7) is 5.39. The summed E-state index contributed by atoms with van der Waals surface area (Å²) in [7, 11) is -3.74. The summed E-state index contributed by atoms with van der Waals surface area (Å²) >= 11 is 0. The van der Waals surface area contributed by atoms with Crippen molar-refractivity contribution in [2.45, 2.75) is 31.8 Å². The van der Waals surface area contributed by atoms with Crippen molar-refractivity contribution in [3.8, 4) is 5.75 Å². The predicted octanol–water partition coefficient (Wildman–Crippen LogP) is 4.51. The lowest BCUT2D eigenvalue weighted by Crippen LogP contribution is -2.30. The zero-order valence-electron chi connectivity index (χ0n) is 17.0. The lowest BCUT2D eigenvalue weighted by atomic mass is 10.1. The monoisotopic (exact) mass is 424 g/mol. The normalized spacial score (nSPS) is 12.1. The number of hydrogen-bond acceptors (Lipinski definition) is 4. The molecule has 0 heterocycles. The molecule has 6 nitrogen and oxygen atoms in total. The molecule has 30 heavy (non-hydrogen) atoms. The fourth-order valence-electron chi connectivity index (χ4n) is 2.77. The van der Waals surface area contributed by atoms with E-state index in [4.69, 9.17) is 4.74 Å². The number of para-hydroxylation sites is 1. The number of amides is 1. The van der Waals surface area contributed by atoms with Crippen molar-refractivity contribution in [1.82, 2.24) is 0 Å². The van der Waals surface area contributed by atoms with Gasteiger partial charge in [-0.15, -0.1) is 0 Å². The molecule has 0 bridgehead atoms. The summed E-state index contributed by atoms with van der Waals surface area (Å²) in [5, 5.41) is 2.73. The summed E-state index contributed by atoms with van der Waals surface area (Å²) in [5.41, 5.74) is 2.82. The molecule has 0 saturated carbocycles. The van der Waals surface area contributed by atoms with Gasteiger partial charge < -0.3 is 10.1 Å². The first-order valence-electron chi connectivity index (χ1n) is 9.47. The minimum atomic E-state index is -3.74. The van der Waals surface area contributed by atoms with Gasteiger partial charge >= 0.3 is 0 Å². The van der Waals surface area contributed by atoms with E-state index in [1.54, 1.807) is 37.3 Å². The third-order valence-corrected chi connectivity index (χ3v) is 5.88. The second-order valence-corrected chi connectivity index (χ2v) is 8.69. The van der Waals surface area contributed by atoms with Gasteiger partial charge in [-0.3, -0.25) is 9.52 Å². The number of aryl methyl sites for hydroxylation is 2. The van der Waals surface area contributed by atoms with E-state index in [1.165, 1.54) is 12.1 Å². The third-order valence-electron chi connectivity index (χ3n) is 4.49. The zero-order valence-corrected chi connectivity index (χ0v) is 17.9. The maximum absolute atomic E-state index is 12.7. The van der Waals surface area contributed by atoms with E-state index in [0.717, 1.165) is 11.1 Å². The van der Waals surface area contributed by atoms with Gasteiger partial charge in [0.05, 0.1) is 10.6 Å². The van der Waals surface area contributed by atoms with Crippen LogP contribution in [0.4, 0.5) is 11.4 Å². The van der Waals surface area contributed by atoms with E-state index >= 15 is 0 Å². The molecule has 156 valence electrons. The largest absolute Gasteiger partial charge is 0.481 e. The van der Waals surface area contributed by atoms with Gasteiger partial charge in [0.1, 0.15) is 5.75 Å². The summed E-state index contributed by atoms with van der Waals surface area (Å²) in [4.78, 5) is 12.4. The molecule has 7 heteroatoms. The first kappa shape index (κ1) is 21.4. The van der Waals surface area contributed by atoms with Crippen LogP contribution in [0, 0.1) is 13.8 Å². The highest BCUT2D eigenvalue weighted by atomic mass is 32.2. The van der Waals surface area contributed by atoms with Crippen LogP contribution >= 0.6 is 0 Å². The molecule has 0 aliphatic rings. The SMILES string of the molecule is Cc1ccc(C)c(NS(=O)(=O)c2ccc(NC(=O)[C@@H](C)Oc3ccccc3)cc2)c1. The summed E-state index contributed by atoms with van der Waals surface area (Å²) in [6.07, 6.45) is -0.707.